The van der Waals surface area contributed by atoms with E-state index in [0.29, 0.717) is 12.1 Å². The van der Waals surface area contributed by atoms with Crippen LogP contribution in [0, 0.1) is 0 Å². The Hall–Kier alpha value is -1.99. The van der Waals surface area contributed by atoms with E-state index in [1.54, 1.807) is 6.33 Å². The lowest BCUT2D eigenvalue weighted by Crippen LogP contribution is -2.46. The summed E-state index contributed by atoms with van der Waals surface area (Å²) >= 11 is 3.66. The van der Waals surface area contributed by atoms with Crippen molar-refractivity contribution in [2.45, 2.75) is 25.0 Å². The zero-order valence-electron chi connectivity index (χ0n) is 13.1. The molecule has 0 radical (unpaired) electrons. The van der Waals surface area contributed by atoms with E-state index in [9.17, 15) is 0 Å². The lowest BCUT2D eigenvalue weighted by Gasteiger charge is -2.35. The number of likely N-dealkylation sites (tertiary alicyclic amines) is 1. The molecule has 24 heavy (non-hydrogen) atoms. The molecule has 7 heteroatoms. The van der Waals surface area contributed by atoms with Crippen molar-refractivity contribution in [2.24, 2.45) is 0 Å². The molecular formula is C17H17BrN6. The van der Waals surface area contributed by atoms with Crippen molar-refractivity contribution >= 4 is 27.4 Å². The first-order chi connectivity index (χ1) is 11.8. The molecule has 2 saturated heterocycles. The average Bonchev–Trinajstić information content (AvgIpc) is 3.31. The Morgan fingerprint density at radius 2 is 2.08 bits per heavy atom. The van der Waals surface area contributed by atoms with E-state index in [0.717, 1.165) is 31.1 Å². The molecule has 2 unspecified atom stereocenters. The van der Waals surface area contributed by atoms with Gasteiger partial charge in [0.25, 0.3) is 0 Å². The molecule has 0 N–H and O–H groups in total. The topological polar surface area (TPSA) is 49.6 Å². The van der Waals surface area contributed by atoms with Crippen molar-refractivity contribution in [3.63, 3.8) is 0 Å². The highest BCUT2D eigenvalue weighted by Gasteiger charge is 2.44. The third-order valence-electron chi connectivity index (χ3n) is 5.15. The molecule has 2 atom stereocenters. The van der Waals surface area contributed by atoms with Crippen LogP contribution in [0.15, 0.2) is 47.5 Å². The molecule has 4 heterocycles. The van der Waals surface area contributed by atoms with Gasteiger partial charge in [0.2, 0.25) is 5.65 Å². The minimum Gasteiger partial charge on any atom is -0.348 e. The molecule has 0 spiro atoms. The average molecular weight is 385 g/mol. The Bertz CT molecular complexity index is 893. The normalized spacial score (nSPS) is 23.5. The molecule has 2 aliphatic rings. The predicted octanol–water partition coefficient (Wildman–Crippen LogP) is 2.35. The van der Waals surface area contributed by atoms with Crippen molar-refractivity contribution in [2.75, 3.05) is 18.0 Å². The minimum atomic E-state index is 0.507. The SMILES string of the molecule is Brc1ccccc1CN1CC2CC1CN2c1nccn2cnnc12. The summed E-state index contributed by atoms with van der Waals surface area (Å²) in [4.78, 5) is 9.58. The van der Waals surface area contributed by atoms with E-state index in [1.165, 1.54) is 16.5 Å². The van der Waals surface area contributed by atoms with Gasteiger partial charge < -0.3 is 4.90 Å². The lowest BCUT2D eigenvalue weighted by atomic mass is 10.2. The van der Waals surface area contributed by atoms with Crippen molar-refractivity contribution in [3.8, 4) is 0 Å². The smallest absolute Gasteiger partial charge is 0.203 e. The Morgan fingerprint density at radius 1 is 1.17 bits per heavy atom. The van der Waals surface area contributed by atoms with Crippen LogP contribution in [0.2, 0.25) is 0 Å². The first-order valence-electron chi connectivity index (χ1n) is 8.18. The second kappa shape index (κ2) is 5.53. The molecule has 122 valence electrons. The third-order valence-corrected chi connectivity index (χ3v) is 5.93. The van der Waals surface area contributed by atoms with Gasteiger partial charge >= 0.3 is 0 Å². The van der Waals surface area contributed by atoms with E-state index >= 15 is 0 Å². The van der Waals surface area contributed by atoms with Gasteiger partial charge in [-0.1, -0.05) is 34.1 Å². The quantitative estimate of drug-likeness (QED) is 0.693. The van der Waals surface area contributed by atoms with Gasteiger partial charge in [0.1, 0.15) is 6.33 Å². The molecule has 2 fully saturated rings. The fourth-order valence-electron chi connectivity index (χ4n) is 4.00. The molecule has 0 saturated carbocycles. The van der Waals surface area contributed by atoms with Crippen LogP contribution in [0.5, 0.6) is 0 Å². The van der Waals surface area contributed by atoms with Crippen molar-refractivity contribution in [1.29, 1.82) is 0 Å². The van der Waals surface area contributed by atoms with Gasteiger partial charge in [-0.25, -0.2) is 4.98 Å². The first kappa shape index (κ1) is 14.4. The number of hydrogen-bond donors (Lipinski definition) is 0. The number of anilines is 1. The summed E-state index contributed by atoms with van der Waals surface area (Å²) in [5, 5.41) is 8.24. The summed E-state index contributed by atoms with van der Waals surface area (Å²) in [6, 6.07) is 9.57. The van der Waals surface area contributed by atoms with Gasteiger partial charge in [0.05, 0.1) is 0 Å². The number of piperazine rings is 1. The Kier molecular flexibility index (Phi) is 3.31. The van der Waals surface area contributed by atoms with Crippen LogP contribution in [0.4, 0.5) is 5.82 Å². The summed E-state index contributed by atoms with van der Waals surface area (Å²) in [6.45, 7) is 3.08. The first-order valence-corrected chi connectivity index (χ1v) is 8.97. The maximum Gasteiger partial charge on any atom is 0.203 e. The van der Waals surface area contributed by atoms with E-state index in [1.807, 2.05) is 16.8 Å². The molecule has 1 aromatic carbocycles. The summed E-state index contributed by atoms with van der Waals surface area (Å²) in [6.07, 6.45) is 6.65. The molecule has 2 aromatic heterocycles. The van der Waals surface area contributed by atoms with Crippen molar-refractivity contribution < 1.29 is 0 Å². The van der Waals surface area contributed by atoms with Crippen LogP contribution in [0.3, 0.4) is 0 Å². The van der Waals surface area contributed by atoms with E-state index in [-0.39, 0.29) is 0 Å². The van der Waals surface area contributed by atoms with Gasteiger partial charge in [-0.15, -0.1) is 10.2 Å². The highest BCUT2D eigenvalue weighted by molar-refractivity contribution is 9.10. The summed E-state index contributed by atoms with van der Waals surface area (Å²) < 4.78 is 3.13. The molecule has 0 amide bonds. The molecular weight excluding hydrogens is 368 g/mol. The monoisotopic (exact) mass is 384 g/mol. The maximum absolute atomic E-state index is 4.58. The van der Waals surface area contributed by atoms with Crippen LogP contribution in [-0.2, 0) is 6.54 Å². The zero-order chi connectivity index (χ0) is 16.1. The second-order valence-electron chi connectivity index (χ2n) is 6.53. The van der Waals surface area contributed by atoms with Gasteiger partial charge in [-0.3, -0.25) is 9.30 Å². The Labute approximate surface area is 148 Å². The number of fused-ring (bicyclic) bond motifs is 3. The van der Waals surface area contributed by atoms with Crippen LogP contribution < -0.4 is 4.90 Å². The number of rotatable bonds is 3. The largest absolute Gasteiger partial charge is 0.348 e. The Morgan fingerprint density at radius 3 is 2.92 bits per heavy atom. The van der Waals surface area contributed by atoms with Gasteiger partial charge in [-0.05, 0) is 18.1 Å². The van der Waals surface area contributed by atoms with Crippen LogP contribution >= 0.6 is 15.9 Å². The fraction of sp³-hybridized carbons (Fsp3) is 0.353. The molecule has 0 aliphatic carbocycles. The van der Waals surface area contributed by atoms with Crippen LogP contribution in [0.1, 0.15) is 12.0 Å². The number of benzene rings is 1. The molecule has 5 rings (SSSR count). The predicted molar refractivity (Wildman–Crippen MR) is 94.9 cm³/mol. The Balaban J connectivity index is 1.37. The van der Waals surface area contributed by atoms with Crippen LogP contribution in [-0.4, -0.2) is 49.7 Å². The van der Waals surface area contributed by atoms with E-state index in [2.05, 4.69) is 65.2 Å². The summed E-state index contributed by atoms with van der Waals surface area (Å²) in [5.41, 5.74) is 2.21. The van der Waals surface area contributed by atoms with Crippen molar-refractivity contribution in [3.05, 3.63) is 53.0 Å². The summed E-state index contributed by atoms with van der Waals surface area (Å²) in [7, 11) is 0. The number of halogens is 1. The van der Waals surface area contributed by atoms with Crippen LogP contribution in [0.25, 0.3) is 5.65 Å². The standard InChI is InChI=1S/C17H17BrN6/c18-15-4-2-1-3-12(15)8-23-9-14-7-13(23)10-24(14)16-17-21-20-11-22(17)6-5-19-16/h1-6,11,13-14H,7-10H2. The third kappa shape index (κ3) is 2.22. The molecule has 2 aliphatic heterocycles. The van der Waals surface area contributed by atoms with Gasteiger partial charge in [-0.2, -0.15) is 0 Å². The zero-order valence-corrected chi connectivity index (χ0v) is 14.7. The summed E-state index contributed by atoms with van der Waals surface area (Å²) in [5.74, 6) is 0.961. The van der Waals surface area contributed by atoms with E-state index in [4.69, 9.17) is 0 Å². The lowest BCUT2D eigenvalue weighted by molar-refractivity contribution is 0.229. The fourth-order valence-corrected chi connectivity index (χ4v) is 4.41. The molecule has 6 nitrogen and oxygen atoms in total. The number of nitrogens with zero attached hydrogens (tertiary/aromatic N) is 6. The van der Waals surface area contributed by atoms with Crippen molar-refractivity contribution in [1.82, 2.24) is 24.5 Å². The highest BCUT2D eigenvalue weighted by atomic mass is 79.9. The van der Waals surface area contributed by atoms with E-state index < -0.39 is 0 Å². The highest BCUT2D eigenvalue weighted by Crippen LogP contribution is 2.36. The second-order valence-corrected chi connectivity index (χ2v) is 7.38. The molecule has 3 aromatic rings. The molecule has 2 bridgehead atoms. The maximum atomic E-state index is 4.58. The number of hydrogen-bond acceptors (Lipinski definition) is 5. The van der Waals surface area contributed by atoms with Gasteiger partial charge in [0, 0.05) is 48.6 Å². The van der Waals surface area contributed by atoms with Gasteiger partial charge in [0.15, 0.2) is 5.82 Å². The minimum absolute atomic E-state index is 0.507. The number of aromatic nitrogens is 4.